The molecule has 92 valence electrons. The van der Waals surface area contributed by atoms with Crippen molar-refractivity contribution in [1.82, 2.24) is 10.2 Å². The van der Waals surface area contributed by atoms with Gasteiger partial charge in [0.2, 0.25) is 11.0 Å². The molecular formula is C11H14N2O2S2. The molecule has 0 saturated carbocycles. The van der Waals surface area contributed by atoms with Crippen LogP contribution in [0.3, 0.4) is 0 Å². The van der Waals surface area contributed by atoms with E-state index < -0.39 is 0 Å². The lowest BCUT2D eigenvalue weighted by Gasteiger charge is -2.34. The lowest BCUT2D eigenvalue weighted by Crippen LogP contribution is -2.48. The maximum atomic E-state index is 11.6. The van der Waals surface area contributed by atoms with Gasteiger partial charge in [-0.25, -0.2) is 0 Å². The van der Waals surface area contributed by atoms with Crippen LogP contribution in [0.25, 0.3) is 0 Å². The van der Waals surface area contributed by atoms with Crippen molar-refractivity contribution in [3.05, 3.63) is 10.6 Å². The number of thioether (sulfide) groups is 1. The Morgan fingerprint density at radius 1 is 1.41 bits per heavy atom. The number of allylic oxidation sites excluding steroid dienone is 1. The molecule has 3 rings (SSSR count). The molecular weight excluding hydrogens is 256 g/mol. The fourth-order valence-corrected chi connectivity index (χ4v) is 4.54. The van der Waals surface area contributed by atoms with Gasteiger partial charge in [0.05, 0.1) is 11.8 Å². The zero-order valence-electron chi connectivity index (χ0n) is 9.31. The largest absolute Gasteiger partial charge is 0.317 e. The van der Waals surface area contributed by atoms with E-state index in [4.69, 9.17) is 0 Å². The molecule has 4 nitrogen and oxygen atoms in total. The van der Waals surface area contributed by atoms with Gasteiger partial charge in [0.1, 0.15) is 5.70 Å². The maximum absolute atomic E-state index is 11.6. The first-order valence-corrected chi connectivity index (χ1v) is 7.18. The summed E-state index contributed by atoms with van der Waals surface area (Å²) in [7, 11) is 0. The van der Waals surface area contributed by atoms with E-state index in [9.17, 15) is 9.59 Å². The van der Waals surface area contributed by atoms with Gasteiger partial charge >= 0.3 is 0 Å². The second-order valence-corrected chi connectivity index (χ2v) is 6.21. The van der Waals surface area contributed by atoms with Gasteiger partial charge in [-0.2, -0.15) is 0 Å². The Hall–Kier alpha value is -0.460. The van der Waals surface area contributed by atoms with Gasteiger partial charge in [0.15, 0.2) is 0 Å². The highest BCUT2D eigenvalue weighted by Crippen LogP contribution is 2.50. The van der Waals surface area contributed by atoms with Crippen molar-refractivity contribution in [3.63, 3.8) is 0 Å². The number of nitrogens with zero attached hydrogens (tertiary/aromatic N) is 1. The van der Waals surface area contributed by atoms with Crippen molar-refractivity contribution in [2.24, 2.45) is 5.92 Å². The van der Waals surface area contributed by atoms with Gasteiger partial charge in [0.25, 0.3) is 0 Å². The summed E-state index contributed by atoms with van der Waals surface area (Å²) in [5.41, 5.74) is 0.562. The molecule has 3 heterocycles. The Bertz CT molecular complexity index is 416. The van der Waals surface area contributed by atoms with Crippen LogP contribution in [0.1, 0.15) is 19.3 Å². The quantitative estimate of drug-likeness (QED) is 0.580. The smallest absolute Gasteiger partial charge is 0.233 e. The SMILES string of the molecule is O=C(S)C1=C(C2CCNCC2)S[C@@H]2CC(=O)N12. The second-order valence-electron chi connectivity index (χ2n) is 4.58. The molecule has 0 spiro atoms. The number of thiol groups is 1. The third-order valence-corrected chi connectivity index (χ3v) is 5.20. The molecule has 6 heteroatoms. The molecule has 0 radical (unpaired) electrons. The summed E-state index contributed by atoms with van der Waals surface area (Å²) in [6.07, 6.45) is 2.65. The molecule has 3 aliphatic rings. The van der Waals surface area contributed by atoms with Crippen molar-refractivity contribution in [2.75, 3.05) is 13.1 Å². The highest BCUT2D eigenvalue weighted by Gasteiger charge is 2.48. The molecule has 1 amide bonds. The summed E-state index contributed by atoms with van der Waals surface area (Å²) >= 11 is 5.62. The molecule has 1 atom stereocenters. The minimum absolute atomic E-state index is 0.0591. The molecule has 0 aromatic carbocycles. The molecule has 2 fully saturated rings. The number of hydrogen-bond acceptors (Lipinski definition) is 4. The van der Waals surface area contributed by atoms with Crippen LogP contribution in [0.5, 0.6) is 0 Å². The van der Waals surface area contributed by atoms with Gasteiger partial charge in [-0.15, -0.1) is 11.8 Å². The molecule has 3 aliphatic heterocycles. The average Bonchev–Trinajstić information content (AvgIpc) is 2.63. The third-order valence-electron chi connectivity index (χ3n) is 3.56. The summed E-state index contributed by atoms with van der Waals surface area (Å²) in [4.78, 5) is 25.9. The van der Waals surface area contributed by atoms with Crippen LogP contribution in [0.2, 0.25) is 0 Å². The van der Waals surface area contributed by atoms with Crippen molar-refractivity contribution < 1.29 is 9.59 Å². The fraction of sp³-hybridized carbons (Fsp3) is 0.636. The van der Waals surface area contributed by atoms with Crippen LogP contribution in [-0.4, -0.2) is 34.4 Å². The Morgan fingerprint density at radius 2 is 2.12 bits per heavy atom. The van der Waals surface area contributed by atoms with E-state index in [1.807, 2.05) is 0 Å². The summed E-state index contributed by atoms with van der Waals surface area (Å²) in [6, 6.07) is 0. The number of fused-ring (bicyclic) bond motifs is 1. The first kappa shape index (κ1) is 11.6. The summed E-state index contributed by atoms with van der Waals surface area (Å²) in [6.45, 7) is 1.97. The summed E-state index contributed by atoms with van der Waals surface area (Å²) in [5.74, 6) is 0.481. The van der Waals surface area contributed by atoms with E-state index in [0.29, 0.717) is 18.0 Å². The summed E-state index contributed by atoms with van der Waals surface area (Å²) < 4.78 is 0. The number of piperidine rings is 1. The zero-order chi connectivity index (χ0) is 12.0. The lowest BCUT2D eigenvalue weighted by molar-refractivity contribution is -0.139. The van der Waals surface area contributed by atoms with Gasteiger partial charge < -0.3 is 5.32 Å². The second kappa shape index (κ2) is 4.33. The van der Waals surface area contributed by atoms with E-state index in [-0.39, 0.29) is 16.4 Å². The number of rotatable bonds is 2. The highest BCUT2D eigenvalue weighted by atomic mass is 32.2. The zero-order valence-corrected chi connectivity index (χ0v) is 11.0. The number of carbonyl (C=O) groups excluding carboxylic acids is 2. The normalized spacial score (nSPS) is 29.4. The fourth-order valence-electron chi connectivity index (χ4n) is 2.65. The Labute approximate surface area is 110 Å². The third kappa shape index (κ3) is 1.82. The Kier molecular flexibility index (Phi) is 2.96. The van der Waals surface area contributed by atoms with E-state index >= 15 is 0 Å². The molecule has 0 bridgehead atoms. The van der Waals surface area contributed by atoms with Crippen molar-refractivity contribution >= 4 is 35.4 Å². The minimum Gasteiger partial charge on any atom is -0.317 e. The van der Waals surface area contributed by atoms with Crippen LogP contribution in [0.4, 0.5) is 0 Å². The van der Waals surface area contributed by atoms with Crippen molar-refractivity contribution in [1.29, 1.82) is 0 Å². The number of β-lactam (4-membered cyclic amide) rings is 1. The molecule has 17 heavy (non-hydrogen) atoms. The van der Waals surface area contributed by atoms with Crippen LogP contribution < -0.4 is 5.32 Å². The first-order chi connectivity index (χ1) is 8.18. The van der Waals surface area contributed by atoms with Gasteiger partial charge in [-0.1, -0.05) is 12.6 Å². The number of amides is 1. The van der Waals surface area contributed by atoms with E-state index in [2.05, 4.69) is 17.9 Å². The monoisotopic (exact) mass is 270 g/mol. The molecule has 0 aromatic rings. The molecule has 1 N–H and O–H groups in total. The van der Waals surface area contributed by atoms with Crippen LogP contribution >= 0.6 is 24.4 Å². The predicted octanol–water partition coefficient (Wildman–Crippen LogP) is 0.959. The van der Waals surface area contributed by atoms with Crippen LogP contribution in [0, 0.1) is 5.92 Å². The predicted molar refractivity (Wildman–Crippen MR) is 69.5 cm³/mol. The highest BCUT2D eigenvalue weighted by molar-refractivity contribution is 8.04. The first-order valence-electron chi connectivity index (χ1n) is 5.85. The van der Waals surface area contributed by atoms with Gasteiger partial charge in [-0.05, 0) is 31.8 Å². The van der Waals surface area contributed by atoms with Crippen molar-refractivity contribution in [3.8, 4) is 0 Å². The molecule has 0 aliphatic carbocycles. The topological polar surface area (TPSA) is 49.4 Å². The molecule has 2 saturated heterocycles. The van der Waals surface area contributed by atoms with Gasteiger partial charge in [-0.3, -0.25) is 14.5 Å². The number of carbonyl (C=O) groups is 2. The average molecular weight is 270 g/mol. The van der Waals surface area contributed by atoms with E-state index in [1.165, 1.54) is 0 Å². The van der Waals surface area contributed by atoms with Gasteiger partial charge in [0, 0.05) is 4.91 Å². The van der Waals surface area contributed by atoms with E-state index in [1.54, 1.807) is 16.7 Å². The Balaban J connectivity index is 1.91. The lowest BCUT2D eigenvalue weighted by atomic mass is 9.96. The minimum atomic E-state index is -0.262. The summed E-state index contributed by atoms with van der Waals surface area (Å²) in [5, 5.41) is 3.22. The molecule has 0 unspecified atom stereocenters. The van der Waals surface area contributed by atoms with Crippen LogP contribution in [0.15, 0.2) is 10.6 Å². The Morgan fingerprint density at radius 3 is 2.71 bits per heavy atom. The number of nitrogens with one attached hydrogen (secondary N) is 1. The van der Waals surface area contributed by atoms with Crippen LogP contribution in [-0.2, 0) is 9.59 Å². The standard InChI is InChI=1S/C11H14N2O2S2/c14-7-5-8-13(7)9(11(15)16)10(17-8)6-1-3-12-4-2-6/h6,8,12H,1-5H2,(H,15,16)/t8-/m1/s1. The van der Waals surface area contributed by atoms with E-state index in [0.717, 1.165) is 30.8 Å². The maximum Gasteiger partial charge on any atom is 0.233 e. The molecule has 0 aromatic heterocycles. The number of hydrogen-bond donors (Lipinski definition) is 2. The van der Waals surface area contributed by atoms with Crippen molar-refractivity contribution in [2.45, 2.75) is 24.6 Å².